The van der Waals surface area contributed by atoms with Gasteiger partial charge < -0.3 is 0 Å². The summed E-state index contributed by atoms with van der Waals surface area (Å²) in [6.07, 6.45) is 1.90. The summed E-state index contributed by atoms with van der Waals surface area (Å²) in [5.41, 5.74) is 1.93. The molecule has 0 saturated carbocycles. The molecule has 2 heteroatoms. The zero-order valence-corrected chi connectivity index (χ0v) is 11.8. The van der Waals surface area contributed by atoms with E-state index < -0.39 is 0 Å². The zero-order valence-electron chi connectivity index (χ0n) is 11.1. The van der Waals surface area contributed by atoms with Gasteiger partial charge in [0.25, 0.3) is 0 Å². The first-order chi connectivity index (χ1) is 8.01. The summed E-state index contributed by atoms with van der Waals surface area (Å²) in [6.45, 7) is 8.30. The van der Waals surface area contributed by atoms with Crippen LogP contribution in [0, 0.1) is 5.92 Å². The topological polar surface area (TPSA) is 17.1 Å². The minimum atomic E-state index is 0.0660. The maximum Gasteiger partial charge on any atom is 0.165 e. The van der Waals surface area contributed by atoms with E-state index in [0.717, 1.165) is 24.0 Å². The SMILES string of the molecule is CCC(C)C(=O)c1cc(Cl)ccc1C(C)CC. The number of ketones is 1. The van der Waals surface area contributed by atoms with E-state index in [9.17, 15) is 4.79 Å². The van der Waals surface area contributed by atoms with Crippen molar-refractivity contribution in [2.75, 3.05) is 0 Å². The number of carbonyl (C=O) groups excluding carboxylic acids is 1. The molecular formula is C15H21ClO. The van der Waals surface area contributed by atoms with Crippen molar-refractivity contribution in [1.82, 2.24) is 0 Å². The van der Waals surface area contributed by atoms with Crippen molar-refractivity contribution in [3.8, 4) is 0 Å². The first-order valence-corrected chi connectivity index (χ1v) is 6.72. The molecule has 0 N–H and O–H groups in total. The van der Waals surface area contributed by atoms with Gasteiger partial charge in [0, 0.05) is 16.5 Å². The monoisotopic (exact) mass is 252 g/mol. The molecule has 0 radical (unpaired) electrons. The highest BCUT2D eigenvalue weighted by atomic mass is 35.5. The van der Waals surface area contributed by atoms with Gasteiger partial charge in [-0.15, -0.1) is 0 Å². The third-order valence-electron chi connectivity index (χ3n) is 3.48. The van der Waals surface area contributed by atoms with E-state index in [2.05, 4.69) is 13.8 Å². The molecule has 0 aliphatic carbocycles. The number of rotatable bonds is 5. The Morgan fingerprint density at radius 3 is 2.41 bits per heavy atom. The molecule has 0 spiro atoms. The van der Waals surface area contributed by atoms with Gasteiger partial charge in [0.05, 0.1) is 0 Å². The van der Waals surface area contributed by atoms with Crippen LogP contribution in [0.4, 0.5) is 0 Å². The summed E-state index contributed by atoms with van der Waals surface area (Å²) in [6, 6.07) is 5.68. The van der Waals surface area contributed by atoms with Crippen molar-refractivity contribution in [2.45, 2.75) is 46.5 Å². The van der Waals surface area contributed by atoms with Crippen LogP contribution < -0.4 is 0 Å². The van der Waals surface area contributed by atoms with Crippen LogP contribution in [-0.2, 0) is 0 Å². The summed E-state index contributed by atoms with van der Waals surface area (Å²) in [5.74, 6) is 0.678. The first kappa shape index (κ1) is 14.2. The van der Waals surface area contributed by atoms with Crippen molar-refractivity contribution in [3.63, 3.8) is 0 Å². The summed E-state index contributed by atoms with van der Waals surface area (Å²) in [7, 11) is 0. The minimum absolute atomic E-state index is 0.0660. The Hall–Kier alpha value is -0.820. The summed E-state index contributed by atoms with van der Waals surface area (Å²) < 4.78 is 0. The van der Waals surface area contributed by atoms with Crippen LogP contribution in [0.1, 0.15) is 62.4 Å². The van der Waals surface area contributed by atoms with E-state index in [1.807, 2.05) is 32.0 Å². The fraction of sp³-hybridized carbons (Fsp3) is 0.533. The van der Waals surface area contributed by atoms with Crippen molar-refractivity contribution in [3.05, 3.63) is 34.3 Å². The Morgan fingerprint density at radius 2 is 1.88 bits per heavy atom. The van der Waals surface area contributed by atoms with Gasteiger partial charge in [-0.05, 0) is 36.5 Å². The number of halogens is 1. The molecule has 0 heterocycles. The van der Waals surface area contributed by atoms with Crippen LogP contribution in [0.3, 0.4) is 0 Å². The molecular weight excluding hydrogens is 232 g/mol. The van der Waals surface area contributed by atoms with E-state index in [1.165, 1.54) is 0 Å². The highest BCUT2D eigenvalue weighted by molar-refractivity contribution is 6.31. The number of benzene rings is 1. The van der Waals surface area contributed by atoms with Gasteiger partial charge in [-0.1, -0.05) is 45.4 Å². The first-order valence-electron chi connectivity index (χ1n) is 6.34. The molecule has 0 bridgehead atoms. The average Bonchev–Trinajstić information content (AvgIpc) is 2.35. The molecule has 94 valence electrons. The molecule has 0 fully saturated rings. The number of carbonyl (C=O) groups is 1. The largest absolute Gasteiger partial charge is 0.294 e. The van der Waals surface area contributed by atoms with Gasteiger partial charge in [-0.3, -0.25) is 4.79 Å². The van der Waals surface area contributed by atoms with E-state index >= 15 is 0 Å². The lowest BCUT2D eigenvalue weighted by Gasteiger charge is -2.17. The Kier molecular flexibility index (Phi) is 5.20. The summed E-state index contributed by atoms with van der Waals surface area (Å²) >= 11 is 6.00. The molecule has 0 aromatic heterocycles. The van der Waals surface area contributed by atoms with Gasteiger partial charge in [0.1, 0.15) is 0 Å². The second kappa shape index (κ2) is 6.20. The Bertz CT molecular complexity index is 398. The lowest BCUT2D eigenvalue weighted by Crippen LogP contribution is -2.13. The normalized spacial score (nSPS) is 14.4. The molecule has 2 atom stereocenters. The lowest BCUT2D eigenvalue weighted by atomic mass is 9.87. The van der Waals surface area contributed by atoms with Gasteiger partial charge in [-0.2, -0.15) is 0 Å². The van der Waals surface area contributed by atoms with Gasteiger partial charge in [-0.25, -0.2) is 0 Å². The van der Waals surface area contributed by atoms with Crippen LogP contribution in [0.25, 0.3) is 0 Å². The van der Waals surface area contributed by atoms with Crippen LogP contribution in [-0.4, -0.2) is 5.78 Å². The second-order valence-corrected chi connectivity index (χ2v) is 5.15. The molecule has 0 aliphatic heterocycles. The molecule has 17 heavy (non-hydrogen) atoms. The predicted molar refractivity (Wildman–Crippen MR) is 73.9 cm³/mol. The fourth-order valence-corrected chi connectivity index (χ4v) is 2.01. The second-order valence-electron chi connectivity index (χ2n) is 4.71. The quantitative estimate of drug-likeness (QED) is 0.668. The minimum Gasteiger partial charge on any atom is -0.294 e. The van der Waals surface area contributed by atoms with Gasteiger partial charge in [0.2, 0.25) is 0 Å². The molecule has 0 amide bonds. The molecule has 2 unspecified atom stereocenters. The number of hydrogen-bond donors (Lipinski definition) is 0. The van der Waals surface area contributed by atoms with Crippen molar-refractivity contribution in [2.24, 2.45) is 5.92 Å². The van der Waals surface area contributed by atoms with Crippen molar-refractivity contribution >= 4 is 17.4 Å². The zero-order chi connectivity index (χ0) is 13.0. The maximum atomic E-state index is 12.3. The summed E-state index contributed by atoms with van der Waals surface area (Å²) in [4.78, 5) is 12.3. The van der Waals surface area contributed by atoms with Crippen LogP contribution in [0.15, 0.2) is 18.2 Å². The highest BCUT2D eigenvalue weighted by Crippen LogP contribution is 2.28. The Balaban J connectivity index is 3.19. The highest BCUT2D eigenvalue weighted by Gasteiger charge is 2.19. The molecule has 0 aliphatic rings. The molecule has 1 nitrogen and oxygen atoms in total. The van der Waals surface area contributed by atoms with Crippen LogP contribution in [0.5, 0.6) is 0 Å². The van der Waals surface area contributed by atoms with Crippen molar-refractivity contribution < 1.29 is 4.79 Å². The van der Waals surface area contributed by atoms with E-state index in [1.54, 1.807) is 0 Å². The maximum absolute atomic E-state index is 12.3. The van der Waals surface area contributed by atoms with Gasteiger partial charge >= 0.3 is 0 Å². The van der Waals surface area contributed by atoms with Crippen LogP contribution >= 0.6 is 11.6 Å². The third kappa shape index (κ3) is 3.32. The average molecular weight is 253 g/mol. The predicted octanol–water partition coefficient (Wildman–Crippen LogP) is 5.08. The number of hydrogen-bond acceptors (Lipinski definition) is 1. The third-order valence-corrected chi connectivity index (χ3v) is 3.72. The molecule has 1 rings (SSSR count). The lowest BCUT2D eigenvalue weighted by molar-refractivity contribution is 0.0926. The fourth-order valence-electron chi connectivity index (χ4n) is 1.84. The smallest absolute Gasteiger partial charge is 0.165 e. The molecule has 1 aromatic rings. The standard InChI is InChI=1S/C15H21ClO/c1-5-10(3)13-8-7-12(16)9-14(13)15(17)11(4)6-2/h7-11H,5-6H2,1-4H3. The van der Waals surface area contributed by atoms with E-state index in [-0.39, 0.29) is 11.7 Å². The number of Topliss-reactive ketones (excluding diaryl/α,β-unsaturated/α-hetero) is 1. The summed E-state index contributed by atoms with van der Waals surface area (Å²) in [5, 5.41) is 0.642. The molecule has 1 aromatic carbocycles. The van der Waals surface area contributed by atoms with E-state index in [4.69, 9.17) is 11.6 Å². The molecule has 0 saturated heterocycles. The van der Waals surface area contributed by atoms with Gasteiger partial charge in [0.15, 0.2) is 5.78 Å². The van der Waals surface area contributed by atoms with Crippen LogP contribution in [0.2, 0.25) is 5.02 Å². The van der Waals surface area contributed by atoms with E-state index in [0.29, 0.717) is 10.9 Å². The Labute approximate surface area is 109 Å². The van der Waals surface area contributed by atoms with Crippen molar-refractivity contribution in [1.29, 1.82) is 0 Å². The Morgan fingerprint density at radius 1 is 1.24 bits per heavy atom.